The molecule has 0 saturated carbocycles. The molecule has 5 heteroatoms. The number of ether oxygens (including phenoxy) is 1. The van der Waals surface area contributed by atoms with Crippen molar-refractivity contribution in [3.05, 3.63) is 0 Å². The standard InChI is InChI=1S/C10H16N2O3/c1-15-10(14)7-4-9(13)12(6-7)8-2-3-11-5-8/h7-8,11H,2-6H2,1H3. The number of nitrogens with one attached hydrogen (secondary N) is 1. The molecule has 2 heterocycles. The van der Waals surface area contributed by atoms with Crippen LogP contribution in [-0.2, 0) is 14.3 Å². The first-order valence-corrected chi connectivity index (χ1v) is 5.30. The lowest BCUT2D eigenvalue weighted by Crippen LogP contribution is -2.38. The Balaban J connectivity index is 1.97. The zero-order valence-electron chi connectivity index (χ0n) is 8.86. The number of amides is 1. The van der Waals surface area contributed by atoms with Crippen LogP contribution in [0, 0.1) is 5.92 Å². The summed E-state index contributed by atoms with van der Waals surface area (Å²) >= 11 is 0. The summed E-state index contributed by atoms with van der Waals surface area (Å²) in [6, 6.07) is 0.271. The Bertz CT molecular complexity index is 274. The molecule has 1 N–H and O–H groups in total. The molecular formula is C10H16N2O3. The van der Waals surface area contributed by atoms with E-state index in [0.29, 0.717) is 13.0 Å². The van der Waals surface area contributed by atoms with Gasteiger partial charge in [0.2, 0.25) is 5.91 Å². The molecule has 0 spiro atoms. The lowest BCUT2D eigenvalue weighted by Gasteiger charge is -2.23. The van der Waals surface area contributed by atoms with Gasteiger partial charge in [0.15, 0.2) is 0 Å². The minimum Gasteiger partial charge on any atom is -0.469 e. The van der Waals surface area contributed by atoms with E-state index >= 15 is 0 Å². The van der Waals surface area contributed by atoms with Crippen molar-refractivity contribution in [2.45, 2.75) is 18.9 Å². The van der Waals surface area contributed by atoms with Crippen molar-refractivity contribution in [3.8, 4) is 0 Å². The number of hydrogen-bond donors (Lipinski definition) is 1. The van der Waals surface area contributed by atoms with Gasteiger partial charge in [0.25, 0.3) is 0 Å². The van der Waals surface area contributed by atoms with E-state index in [1.54, 1.807) is 0 Å². The number of hydrogen-bond acceptors (Lipinski definition) is 4. The second-order valence-corrected chi connectivity index (χ2v) is 4.12. The van der Waals surface area contributed by atoms with Crippen LogP contribution < -0.4 is 5.32 Å². The van der Waals surface area contributed by atoms with Gasteiger partial charge in [-0.2, -0.15) is 0 Å². The SMILES string of the molecule is COC(=O)C1CC(=O)N(C2CCNC2)C1. The Morgan fingerprint density at radius 3 is 3.00 bits per heavy atom. The molecule has 2 rings (SSSR count). The third kappa shape index (κ3) is 1.97. The minimum atomic E-state index is -0.267. The first-order chi connectivity index (χ1) is 7.22. The highest BCUT2D eigenvalue weighted by Crippen LogP contribution is 2.23. The second-order valence-electron chi connectivity index (χ2n) is 4.12. The fourth-order valence-corrected chi connectivity index (χ4v) is 2.31. The minimum absolute atomic E-state index is 0.0825. The van der Waals surface area contributed by atoms with Crippen molar-refractivity contribution < 1.29 is 14.3 Å². The van der Waals surface area contributed by atoms with Gasteiger partial charge in [-0.05, 0) is 13.0 Å². The molecule has 2 aliphatic heterocycles. The van der Waals surface area contributed by atoms with Gasteiger partial charge in [-0.15, -0.1) is 0 Å². The van der Waals surface area contributed by atoms with Gasteiger partial charge < -0.3 is 15.0 Å². The molecule has 15 heavy (non-hydrogen) atoms. The second kappa shape index (κ2) is 4.18. The molecule has 0 aliphatic carbocycles. The molecular weight excluding hydrogens is 196 g/mol. The normalized spacial score (nSPS) is 31.0. The van der Waals surface area contributed by atoms with E-state index in [-0.39, 0.29) is 23.8 Å². The van der Waals surface area contributed by atoms with Crippen LogP contribution in [-0.4, -0.2) is 49.6 Å². The first kappa shape index (κ1) is 10.4. The maximum Gasteiger partial charge on any atom is 0.310 e. The van der Waals surface area contributed by atoms with Crippen LogP contribution in [0.15, 0.2) is 0 Å². The number of rotatable bonds is 2. The van der Waals surface area contributed by atoms with Crippen molar-refractivity contribution in [2.24, 2.45) is 5.92 Å². The Labute approximate surface area is 88.8 Å². The largest absolute Gasteiger partial charge is 0.469 e. The van der Waals surface area contributed by atoms with Crippen LogP contribution in [0.5, 0.6) is 0 Å². The predicted octanol–water partition coefficient (Wildman–Crippen LogP) is -0.630. The number of esters is 1. The van der Waals surface area contributed by atoms with Gasteiger partial charge in [0.05, 0.1) is 13.0 Å². The lowest BCUT2D eigenvalue weighted by atomic mass is 10.1. The predicted molar refractivity (Wildman–Crippen MR) is 53.1 cm³/mol. The van der Waals surface area contributed by atoms with E-state index in [1.165, 1.54) is 7.11 Å². The van der Waals surface area contributed by atoms with Crippen LogP contribution in [0.2, 0.25) is 0 Å². The van der Waals surface area contributed by atoms with E-state index in [9.17, 15) is 9.59 Å². The maximum absolute atomic E-state index is 11.7. The van der Waals surface area contributed by atoms with Crippen LogP contribution in [0.25, 0.3) is 0 Å². The molecule has 84 valence electrons. The fourth-order valence-electron chi connectivity index (χ4n) is 2.31. The van der Waals surface area contributed by atoms with Crippen molar-refractivity contribution in [2.75, 3.05) is 26.7 Å². The van der Waals surface area contributed by atoms with Gasteiger partial charge in [0, 0.05) is 25.6 Å². The Hall–Kier alpha value is -1.10. The van der Waals surface area contributed by atoms with E-state index in [0.717, 1.165) is 19.5 Å². The molecule has 2 unspecified atom stereocenters. The average molecular weight is 212 g/mol. The molecule has 0 radical (unpaired) electrons. The van der Waals surface area contributed by atoms with E-state index < -0.39 is 0 Å². The third-order valence-corrected chi connectivity index (χ3v) is 3.17. The van der Waals surface area contributed by atoms with Crippen molar-refractivity contribution >= 4 is 11.9 Å². The van der Waals surface area contributed by atoms with Crippen LogP contribution in [0.4, 0.5) is 0 Å². The highest BCUT2D eigenvalue weighted by atomic mass is 16.5. The monoisotopic (exact) mass is 212 g/mol. The van der Waals surface area contributed by atoms with Gasteiger partial charge >= 0.3 is 5.97 Å². The van der Waals surface area contributed by atoms with Crippen LogP contribution in [0.3, 0.4) is 0 Å². The summed E-state index contributed by atoms with van der Waals surface area (Å²) in [5, 5.41) is 3.22. The highest BCUT2D eigenvalue weighted by Gasteiger charge is 2.39. The molecule has 2 saturated heterocycles. The maximum atomic E-state index is 11.7. The van der Waals surface area contributed by atoms with Crippen molar-refractivity contribution in [3.63, 3.8) is 0 Å². The molecule has 5 nitrogen and oxygen atoms in total. The quantitative estimate of drug-likeness (QED) is 0.619. The Kier molecular flexibility index (Phi) is 2.90. The summed E-state index contributed by atoms with van der Waals surface area (Å²) < 4.78 is 4.66. The number of likely N-dealkylation sites (tertiary alicyclic amines) is 1. The molecule has 0 aromatic heterocycles. The smallest absolute Gasteiger partial charge is 0.310 e. The highest BCUT2D eigenvalue weighted by molar-refractivity contribution is 5.87. The van der Waals surface area contributed by atoms with E-state index in [2.05, 4.69) is 10.1 Å². The van der Waals surface area contributed by atoms with Gasteiger partial charge in [0.1, 0.15) is 0 Å². The molecule has 1 amide bonds. The molecule has 2 fully saturated rings. The van der Waals surface area contributed by atoms with E-state index in [4.69, 9.17) is 0 Å². The van der Waals surface area contributed by atoms with Gasteiger partial charge in [-0.25, -0.2) is 0 Å². The lowest BCUT2D eigenvalue weighted by molar-refractivity contribution is -0.145. The van der Waals surface area contributed by atoms with Crippen molar-refractivity contribution in [1.29, 1.82) is 0 Å². The topological polar surface area (TPSA) is 58.6 Å². The molecule has 0 bridgehead atoms. The summed E-state index contributed by atoms with van der Waals surface area (Å²) in [6.07, 6.45) is 1.29. The van der Waals surface area contributed by atoms with Crippen LogP contribution >= 0.6 is 0 Å². The van der Waals surface area contributed by atoms with Gasteiger partial charge in [-0.1, -0.05) is 0 Å². The summed E-state index contributed by atoms with van der Waals surface area (Å²) in [6.45, 7) is 2.33. The zero-order valence-corrected chi connectivity index (χ0v) is 8.86. The van der Waals surface area contributed by atoms with Crippen LogP contribution in [0.1, 0.15) is 12.8 Å². The summed E-state index contributed by atoms with van der Waals surface area (Å²) in [5.41, 5.74) is 0. The molecule has 0 aromatic rings. The number of nitrogens with zero attached hydrogens (tertiary/aromatic N) is 1. The average Bonchev–Trinajstić information content (AvgIpc) is 2.84. The third-order valence-electron chi connectivity index (χ3n) is 3.17. The number of carbonyl (C=O) groups is 2. The summed E-state index contributed by atoms with van der Waals surface area (Å²) in [5.74, 6) is -0.445. The van der Waals surface area contributed by atoms with Crippen molar-refractivity contribution in [1.82, 2.24) is 10.2 Å². The fraction of sp³-hybridized carbons (Fsp3) is 0.800. The summed E-state index contributed by atoms with van der Waals surface area (Å²) in [4.78, 5) is 24.8. The zero-order chi connectivity index (χ0) is 10.8. The Morgan fingerprint density at radius 1 is 1.60 bits per heavy atom. The molecule has 0 aromatic carbocycles. The first-order valence-electron chi connectivity index (χ1n) is 5.30. The Morgan fingerprint density at radius 2 is 2.40 bits per heavy atom. The summed E-state index contributed by atoms with van der Waals surface area (Å²) in [7, 11) is 1.37. The van der Waals surface area contributed by atoms with Gasteiger partial charge in [-0.3, -0.25) is 9.59 Å². The molecule has 2 atom stereocenters. The molecule has 2 aliphatic rings. The van der Waals surface area contributed by atoms with E-state index in [1.807, 2.05) is 4.90 Å². The number of carbonyl (C=O) groups excluding carboxylic acids is 2. The number of methoxy groups -OCH3 is 1.